The summed E-state index contributed by atoms with van der Waals surface area (Å²) in [7, 11) is 0. The van der Waals surface area contributed by atoms with Gasteiger partial charge in [0.1, 0.15) is 0 Å². The van der Waals surface area contributed by atoms with E-state index in [-0.39, 0.29) is 0 Å². The number of rotatable bonds is 1. The molecule has 3 aliphatic rings. The largest absolute Gasteiger partial charge is 0.0853 e. The summed E-state index contributed by atoms with van der Waals surface area (Å²) in [5.41, 5.74) is 2.41. The molecule has 0 heteroatoms. The predicted molar refractivity (Wildman–Crippen MR) is 53.0 cm³/mol. The van der Waals surface area contributed by atoms with Gasteiger partial charge in [0.15, 0.2) is 0 Å². The molecule has 0 amide bonds. The minimum absolute atomic E-state index is 0.638. The van der Waals surface area contributed by atoms with E-state index < -0.39 is 0 Å². The fourth-order valence-electron chi connectivity index (χ4n) is 3.16. The number of allylic oxidation sites excluding steroid dienone is 2. The van der Waals surface area contributed by atoms with Crippen molar-refractivity contribution in [2.75, 3.05) is 0 Å². The van der Waals surface area contributed by atoms with Crippen LogP contribution in [0.3, 0.4) is 0 Å². The zero-order valence-corrected chi connectivity index (χ0v) is 8.56. The van der Waals surface area contributed by atoms with Crippen LogP contribution in [0.15, 0.2) is 11.6 Å². The molecule has 0 aromatic rings. The van der Waals surface area contributed by atoms with Crippen molar-refractivity contribution in [3.63, 3.8) is 0 Å². The lowest BCUT2D eigenvalue weighted by Gasteiger charge is -2.58. The molecule has 0 spiro atoms. The Balaban J connectivity index is 2.16. The molecular weight excluding hydrogens is 144 g/mol. The fraction of sp³-hybridized carbons (Fsp3) is 0.833. The predicted octanol–water partition coefficient (Wildman–Crippen LogP) is 3.78. The van der Waals surface area contributed by atoms with Gasteiger partial charge < -0.3 is 0 Å². The lowest BCUT2D eigenvalue weighted by molar-refractivity contribution is -0.0279. The van der Waals surface area contributed by atoms with Crippen molar-refractivity contribution < 1.29 is 0 Å². The van der Waals surface area contributed by atoms with E-state index in [1.165, 1.54) is 25.7 Å². The number of hydrogen-bond acceptors (Lipinski definition) is 0. The zero-order valence-electron chi connectivity index (χ0n) is 8.56. The lowest BCUT2D eigenvalue weighted by Crippen LogP contribution is -2.49. The third-order valence-corrected chi connectivity index (χ3v) is 4.17. The van der Waals surface area contributed by atoms with Gasteiger partial charge in [-0.2, -0.15) is 0 Å². The minimum Gasteiger partial charge on any atom is -0.0853 e. The van der Waals surface area contributed by atoms with Crippen LogP contribution in [0.4, 0.5) is 0 Å². The normalized spacial score (nSPS) is 41.1. The van der Waals surface area contributed by atoms with Gasteiger partial charge in [-0.15, -0.1) is 0 Å². The molecule has 0 heterocycles. The van der Waals surface area contributed by atoms with Crippen molar-refractivity contribution in [3.05, 3.63) is 11.6 Å². The topological polar surface area (TPSA) is 0 Å². The molecule has 0 radical (unpaired) electrons. The molecule has 0 aromatic carbocycles. The molecule has 3 fully saturated rings. The molecule has 2 atom stereocenters. The van der Waals surface area contributed by atoms with Crippen LogP contribution in [0.2, 0.25) is 0 Å². The first-order valence-electron chi connectivity index (χ1n) is 5.35. The Kier molecular flexibility index (Phi) is 1.82. The summed E-state index contributed by atoms with van der Waals surface area (Å²) in [6.07, 6.45) is 8.04. The molecule has 3 saturated carbocycles. The average molecular weight is 164 g/mol. The highest BCUT2D eigenvalue weighted by molar-refractivity contribution is 5.21. The summed E-state index contributed by atoms with van der Waals surface area (Å²) in [4.78, 5) is 0. The van der Waals surface area contributed by atoms with Gasteiger partial charge in [-0.05, 0) is 42.9 Å². The summed E-state index contributed by atoms with van der Waals surface area (Å²) in [6.45, 7) is 7.16. The van der Waals surface area contributed by atoms with Crippen LogP contribution in [0.25, 0.3) is 0 Å². The second kappa shape index (κ2) is 2.61. The van der Waals surface area contributed by atoms with Gasteiger partial charge >= 0.3 is 0 Å². The van der Waals surface area contributed by atoms with E-state index in [1.807, 2.05) is 0 Å². The van der Waals surface area contributed by atoms with E-state index in [1.54, 1.807) is 5.57 Å². The summed E-state index contributed by atoms with van der Waals surface area (Å²) in [5.74, 6) is 1.98. The Morgan fingerprint density at radius 1 is 1.50 bits per heavy atom. The van der Waals surface area contributed by atoms with Crippen molar-refractivity contribution >= 4 is 0 Å². The molecule has 0 aliphatic heterocycles. The Morgan fingerprint density at radius 2 is 2.25 bits per heavy atom. The van der Waals surface area contributed by atoms with Crippen LogP contribution in [-0.2, 0) is 0 Å². The van der Waals surface area contributed by atoms with E-state index in [0.717, 1.165) is 11.8 Å². The van der Waals surface area contributed by atoms with Crippen molar-refractivity contribution in [2.45, 2.75) is 46.5 Å². The summed E-state index contributed by atoms with van der Waals surface area (Å²) < 4.78 is 0. The Hall–Kier alpha value is -0.260. The minimum atomic E-state index is 0.638. The van der Waals surface area contributed by atoms with Gasteiger partial charge in [0.25, 0.3) is 0 Å². The monoisotopic (exact) mass is 164 g/mol. The van der Waals surface area contributed by atoms with Crippen molar-refractivity contribution in [3.8, 4) is 0 Å². The first kappa shape index (κ1) is 8.34. The third-order valence-electron chi connectivity index (χ3n) is 4.17. The van der Waals surface area contributed by atoms with Gasteiger partial charge in [-0.1, -0.05) is 32.4 Å². The quantitative estimate of drug-likeness (QED) is 0.517. The van der Waals surface area contributed by atoms with Gasteiger partial charge in [0, 0.05) is 0 Å². The highest BCUT2D eigenvalue weighted by atomic mass is 14.6. The van der Waals surface area contributed by atoms with Crippen molar-refractivity contribution in [2.24, 2.45) is 17.3 Å². The Labute approximate surface area is 76.1 Å². The van der Waals surface area contributed by atoms with E-state index in [9.17, 15) is 0 Å². The average Bonchev–Trinajstić information content (AvgIpc) is 2.05. The Bertz CT molecular complexity index is 208. The maximum Gasteiger partial charge on any atom is -0.0146 e. The highest BCUT2D eigenvalue weighted by Gasteiger charge is 2.51. The maximum absolute atomic E-state index is 2.47. The van der Waals surface area contributed by atoms with E-state index in [4.69, 9.17) is 0 Å². The number of hydrogen-bond donors (Lipinski definition) is 0. The fourth-order valence-corrected chi connectivity index (χ4v) is 3.16. The van der Waals surface area contributed by atoms with Gasteiger partial charge in [0.05, 0.1) is 0 Å². The molecule has 0 N–H and O–H groups in total. The van der Waals surface area contributed by atoms with Gasteiger partial charge in [-0.3, -0.25) is 0 Å². The first-order chi connectivity index (χ1) is 5.66. The van der Waals surface area contributed by atoms with Gasteiger partial charge in [0.2, 0.25) is 0 Å². The molecule has 0 nitrogen and oxygen atoms in total. The third kappa shape index (κ3) is 0.967. The molecule has 0 saturated heterocycles. The van der Waals surface area contributed by atoms with E-state index in [0.29, 0.717) is 5.41 Å². The zero-order chi connectivity index (χ0) is 8.77. The molecule has 12 heavy (non-hydrogen) atoms. The van der Waals surface area contributed by atoms with Crippen LogP contribution in [0.5, 0.6) is 0 Å². The summed E-state index contributed by atoms with van der Waals surface area (Å²) in [6, 6.07) is 0. The molecule has 0 aromatic heterocycles. The van der Waals surface area contributed by atoms with E-state index >= 15 is 0 Å². The summed E-state index contributed by atoms with van der Waals surface area (Å²) in [5, 5.41) is 0. The second-order valence-corrected chi connectivity index (χ2v) is 5.03. The highest BCUT2D eigenvalue weighted by Crippen LogP contribution is 2.61. The van der Waals surface area contributed by atoms with Crippen molar-refractivity contribution in [1.29, 1.82) is 0 Å². The van der Waals surface area contributed by atoms with Crippen LogP contribution in [0, 0.1) is 17.3 Å². The van der Waals surface area contributed by atoms with Gasteiger partial charge in [-0.25, -0.2) is 0 Å². The van der Waals surface area contributed by atoms with Crippen LogP contribution < -0.4 is 0 Å². The molecule has 2 bridgehead atoms. The second-order valence-electron chi connectivity index (χ2n) is 5.03. The SMILES string of the molecule is CC/C=C1/CC[C@H]2C[C@@H]1C2(C)C. The Morgan fingerprint density at radius 3 is 2.75 bits per heavy atom. The lowest BCUT2D eigenvalue weighted by atomic mass is 9.47. The molecule has 68 valence electrons. The number of fused-ring (bicyclic) bond motifs is 2. The molecule has 0 unspecified atom stereocenters. The molecular formula is C12H20. The molecule has 3 aliphatic carbocycles. The smallest absolute Gasteiger partial charge is 0.0146 e. The maximum atomic E-state index is 2.47. The van der Waals surface area contributed by atoms with Crippen molar-refractivity contribution in [1.82, 2.24) is 0 Å². The van der Waals surface area contributed by atoms with Crippen LogP contribution >= 0.6 is 0 Å². The van der Waals surface area contributed by atoms with Crippen LogP contribution in [0.1, 0.15) is 46.5 Å². The molecule has 3 rings (SSSR count). The standard InChI is InChI=1S/C12H20/c1-4-5-9-6-7-10-8-11(9)12(10,2)3/h5,10-11H,4,6-8H2,1-3H3/b9-5-/t10-,11-/m0/s1. The summed E-state index contributed by atoms with van der Waals surface area (Å²) >= 11 is 0. The van der Waals surface area contributed by atoms with Crippen LogP contribution in [-0.4, -0.2) is 0 Å². The first-order valence-corrected chi connectivity index (χ1v) is 5.35. The van der Waals surface area contributed by atoms with E-state index in [2.05, 4.69) is 26.8 Å².